The topological polar surface area (TPSA) is 81.2 Å². The van der Waals surface area contributed by atoms with Crippen LogP contribution in [0.3, 0.4) is 0 Å². The van der Waals surface area contributed by atoms with Crippen molar-refractivity contribution in [1.82, 2.24) is 4.98 Å². The fraction of sp³-hybridized carbons (Fsp3) is 0.0455. The Balaban J connectivity index is 1.91. The van der Waals surface area contributed by atoms with Crippen LogP contribution in [0.25, 0.3) is 21.7 Å². The van der Waals surface area contributed by atoms with Crippen LogP contribution >= 0.6 is 11.3 Å². The molecular formula is C22H14F3NO4S3. The lowest BCUT2D eigenvalue weighted by atomic mass is 10.1. The first kappa shape index (κ1) is 23.1. The Labute approximate surface area is 192 Å². The average Bonchev–Trinajstić information content (AvgIpc) is 3.19. The summed E-state index contributed by atoms with van der Waals surface area (Å²) in [4.78, 5) is 4.04. The van der Waals surface area contributed by atoms with Crippen molar-refractivity contribution < 1.29 is 30.0 Å². The highest BCUT2D eigenvalue weighted by Crippen LogP contribution is 2.40. The van der Waals surface area contributed by atoms with Gasteiger partial charge < -0.3 is 0 Å². The summed E-state index contributed by atoms with van der Waals surface area (Å²) in [5, 5.41) is 0. The molecule has 0 fully saturated rings. The first-order valence-electron chi connectivity index (χ1n) is 9.23. The summed E-state index contributed by atoms with van der Waals surface area (Å²) in [6.45, 7) is 0. The summed E-state index contributed by atoms with van der Waals surface area (Å²) in [7, 11) is -7.84. The van der Waals surface area contributed by atoms with Crippen molar-refractivity contribution in [2.75, 3.05) is 6.26 Å². The van der Waals surface area contributed by atoms with Crippen LogP contribution in [-0.2, 0) is 19.7 Å². The van der Waals surface area contributed by atoms with E-state index in [2.05, 4.69) is 4.98 Å². The van der Waals surface area contributed by atoms with Gasteiger partial charge in [-0.25, -0.2) is 35.0 Å². The predicted octanol–water partition coefficient (Wildman–Crippen LogP) is 5.13. The molecule has 0 radical (unpaired) electrons. The first-order valence-corrected chi connectivity index (χ1v) is 13.4. The van der Waals surface area contributed by atoms with Gasteiger partial charge in [0.2, 0.25) is 14.2 Å². The Morgan fingerprint density at radius 3 is 1.79 bits per heavy atom. The van der Waals surface area contributed by atoms with E-state index in [4.69, 9.17) is 0 Å². The number of sulfone groups is 2. The Morgan fingerprint density at radius 1 is 0.697 bits per heavy atom. The maximum absolute atomic E-state index is 13.7. The summed E-state index contributed by atoms with van der Waals surface area (Å²) in [5.74, 6) is -2.61. The van der Waals surface area contributed by atoms with Crippen molar-refractivity contribution in [1.29, 1.82) is 0 Å². The lowest BCUT2D eigenvalue weighted by Gasteiger charge is -2.04. The number of halogens is 3. The van der Waals surface area contributed by atoms with Crippen molar-refractivity contribution in [2.24, 2.45) is 0 Å². The van der Waals surface area contributed by atoms with E-state index in [0.717, 1.165) is 17.6 Å². The molecule has 0 unspecified atom stereocenters. The van der Waals surface area contributed by atoms with Crippen LogP contribution in [0, 0.1) is 17.5 Å². The van der Waals surface area contributed by atoms with Crippen LogP contribution < -0.4 is 0 Å². The molecule has 0 spiro atoms. The van der Waals surface area contributed by atoms with Crippen LogP contribution in [0.15, 0.2) is 80.9 Å². The molecule has 170 valence electrons. The number of rotatable bonds is 5. The molecule has 0 aliphatic rings. The van der Waals surface area contributed by atoms with E-state index in [0.29, 0.717) is 34.2 Å². The number of nitrogens with zero attached hydrogens (tertiary/aromatic N) is 1. The maximum atomic E-state index is 13.7. The molecule has 0 saturated heterocycles. The van der Waals surface area contributed by atoms with Crippen molar-refractivity contribution in [3.8, 4) is 21.7 Å². The van der Waals surface area contributed by atoms with Crippen LogP contribution in [0.2, 0.25) is 0 Å². The lowest BCUT2D eigenvalue weighted by molar-refractivity contribution is 0.567. The zero-order valence-corrected chi connectivity index (χ0v) is 19.2. The summed E-state index contributed by atoms with van der Waals surface area (Å²) < 4.78 is 90.0. The minimum atomic E-state index is -4.38. The Kier molecular flexibility index (Phi) is 5.89. The third-order valence-corrected chi connectivity index (χ3v) is 8.99. The smallest absolute Gasteiger partial charge is 0.224 e. The molecule has 11 heteroatoms. The molecule has 5 nitrogen and oxygen atoms in total. The number of benzene rings is 3. The van der Waals surface area contributed by atoms with E-state index >= 15 is 0 Å². The Bertz CT molecular complexity index is 1540. The Morgan fingerprint density at radius 2 is 1.24 bits per heavy atom. The van der Waals surface area contributed by atoms with Gasteiger partial charge in [0.1, 0.15) is 17.5 Å². The van der Waals surface area contributed by atoms with Gasteiger partial charge in [0.25, 0.3) is 0 Å². The molecule has 0 aliphatic heterocycles. The van der Waals surface area contributed by atoms with E-state index in [1.165, 1.54) is 48.5 Å². The van der Waals surface area contributed by atoms with E-state index in [9.17, 15) is 30.0 Å². The molecular weight excluding hydrogens is 495 g/mol. The van der Waals surface area contributed by atoms with Crippen LogP contribution in [0.5, 0.6) is 0 Å². The number of hydrogen-bond acceptors (Lipinski definition) is 6. The molecule has 4 rings (SSSR count). The van der Waals surface area contributed by atoms with Gasteiger partial charge in [-0.05, 0) is 42.0 Å². The van der Waals surface area contributed by atoms with Gasteiger partial charge in [0.15, 0.2) is 9.84 Å². The highest BCUT2D eigenvalue weighted by Gasteiger charge is 2.27. The molecule has 0 bridgehead atoms. The van der Waals surface area contributed by atoms with Gasteiger partial charge in [-0.2, -0.15) is 0 Å². The molecule has 3 aromatic carbocycles. The second-order valence-corrected chi connectivity index (χ2v) is 12.2. The van der Waals surface area contributed by atoms with Crippen molar-refractivity contribution in [3.63, 3.8) is 0 Å². The van der Waals surface area contributed by atoms with Crippen LogP contribution in [-0.4, -0.2) is 28.1 Å². The number of thiazole rings is 1. The average molecular weight is 510 g/mol. The van der Waals surface area contributed by atoms with Crippen molar-refractivity contribution in [3.05, 3.63) is 84.2 Å². The minimum absolute atomic E-state index is 0.0629. The molecule has 0 saturated carbocycles. The summed E-state index contributed by atoms with van der Waals surface area (Å²) in [5.41, 5.74) is 1.06. The van der Waals surface area contributed by atoms with Crippen molar-refractivity contribution >= 4 is 31.0 Å². The summed E-state index contributed by atoms with van der Waals surface area (Å²) >= 11 is 0.752. The zero-order chi connectivity index (χ0) is 24.0. The fourth-order valence-electron chi connectivity index (χ4n) is 3.05. The largest absolute Gasteiger partial charge is 0.233 e. The molecule has 0 atom stereocenters. The van der Waals surface area contributed by atoms with E-state index in [-0.39, 0.29) is 10.6 Å². The molecule has 0 amide bonds. The molecule has 0 aliphatic carbocycles. The highest BCUT2D eigenvalue weighted by molar-refractivity contribution is 7.93. The quantitative estimate of drug-likeness (QED) is 0.373. The van der Waals surface area contributed by atoms with Crippen LogP contribution in [0.4, 0.5) is 13.2 Å². The van der Waals surface area contributed by atoms with Gasteiger partial charge in [-0.3, -0.25) is 0 Å². The Hall–Kier alpha value is -3.02. The van der Waals surface area contributed by atoms with E-state index in [1.54, 1.807) is 0 Å². The molecule has 1 aromatic heterocycles. The van der Waals surface area contributed by atoms with E-state index < -0.39 is 46.4 Å². The van der Waals surface area contributed by atoms with Crippen molar-refractivity contribution in [2.45, 2.75) is 14.1 Å². The van der Waals surface area contributed by atoms with E-state index in [1.807, 2.05) is 0 Å². The van der Waals surface area contributed by atoms with Crippen LogP contribution in [0.1, 0.15) is 0 Å². The monoisotopic (exact) mass is 509 g/mol. The third kappa shape index (κ3) is 4.70. The second kappa shape index (κ2) is 8.40. The van der Waals surface area contributed by atoms with Gasteiger partial charge in [-0.1, -0.05) is 24.3 Å². The second-order valence-electron chi connectivity index (χ2n) is 7.07. The zero-order valence-electron chi connectivity index (χ0n) is 16.8. The van der Waals surface area contributed by atoms with Gasteiger partial charge in [-0.15, -0.1) is 11.3 Å². The SMILES string of the molecule is CS(=O)(=O)c1ccc(-c2nc(S(=O)(=O)c3cc(F)cc(F)c3)sc2-c2ccc(F)cc2)cc1. The maximum Gasteiger partial charge on any atom is 0.233 e. The molecule has 4 aromatic rings. The van der Waals surface area contributed by atoms with Gasteiger partial charge in [0, 0.05) is 17.9 Å². The van der Waals surface area contributed by atoms with Gasteiger partial charge >= 0.3 is 0 Å². The van der Waals surface area contributed by atoms with Gasteiger partial charge in [0.05, 0.1) is 20.4 Å². The predicted molar refractivity (Wildman–Crippen MR) is 118 cm³/mol. The molecule has 33 heavy (non-hydrogen) atoms. The highest BCUT2D eigenvalue weighted by atomic mass is 32.2. The fourth-order valence-corrected chi connectivity index (χ4v) is 6.43. The molecule has 0 N–H and O–H groups in total. The standard InChI is InChI=1S/C22H14F3NO4S3/c1-32(27,28)18-8-4-13(5-9-18)20-21(14-2-6-15(23)7-3-14)31-22(26-20)33(29,30)19-11-16(24)10-17(25)12-19/h2-12H,1H3. The number of hydrogen-bond donors (Lipinski definition) is 0. The third-order valence-electron chi connectivity index (χ3n) is 4.65. The number of aromatic nitrogens is 1. The summed E-state index contributed by atoms with van der Waals surface area (Å²) in [6, 6.07) is 12.9. The lowest BCUT2D eigenvalue weighted by Crippen LogP contribution is -2.03. The normalized spacial score (nSPS) is 12.1. The minimum Gasteiger partial charge on any atom is -0.224 e. The first-order chi connectivity index (χ1) is 15.4. The summed E-state index contributed by atoms with van der Waals surface area (Å²) in [6.07, 6.45) is 1.05. The molecule has 1 heterocycles.